The summed E-state index contributed by atoms with van der Waals surface area (Å²) in [4.78, 5) is 5.80. The zero-order valence-corrected chi connectivity index (χ0v) is 13.9. The number of nitrogens with one attached hydrogen (secondary N) is 1. The van der Waals surface area contributed by atoms with Gasteiger partial charge in [-0.15, -0.1) is 11.3 Å². The van der Waals surface area contributed by atoms with Crippen molar-refractivity contribution in [1.82, 2.24) is 14.9 Å². The van der Waals surface area contributed by atoms with Crippen molar-refractivity contribution in [3.8, 4) is 11.4 Å². The molecular weight excluding hydrogens is 346 g/mol. The number of hydrogen-bond acceptors (Lipinski definition) is 3. The van der Waals surface area contributed by atoms with Crippen molar-refractivity contribution < 1.29 is 0 Å². The molecule has 2 heterocycles. The molecule has 3 rings (SSSR count). The van der Waals surface area contributed by atoms with Gasteiger partial charge in [0.05, 0.1) is 0 Å². The number of nitrogens with zero attached hydrogens (tertiary/aromatic N) is 2. The fraction of sp³-hybridized carbons (Fsp3) is 0.188. The zero-order chi connectivity index (χ0) is 14.5. The molecule has 0 fully saturated rings. The van der Waals surface area contributed by atoms with Gasteiger partial charge in [-0.1, -0.05) is 30.3 Å². The summed E-state index contributed by atoms with van der Waals surface area (Å²) in [6, 6.07) is 12.5. The predicted molar refractivity (Wildman–Crippen MR) is 91.4 cm³/mol. The molecule has 0 aliphatic heterocycles. The van der Waals surface area contributed by atoms with Crippen molar-refractivity contribution in [3.63, 3.8) is 0 Å². The van der Waals surface area contributed by atoms with Crippen molar-refractivity contribution in [1.29, 1.82) is 0 Å². The van der Waals surface area contributed by atoms with Crippen LogP contribution in [0.1, 0.15) is 4.88 Å². The molecule has 108 valence electrons. The lowest BCUT2D eigenvalue weighted by molar-refractivity contribution is 0.604. The quantitative estimate of drug-likeness (QED) is 0.668. The fourth-order valence-electron chi connectivity index (χ4n) is 2.19. The Labute approximate surface area is 136 Å². The zero-order valence-electron chi connectivity index (χ0n) is 11.5. The summed E-state index contributed by atoms with van der Waals surface area (Å²) in [5, 5.41) is 5.58. The summed E-state index contributed by atoms with van der Waals surface area (Å²) in [5.74, 6) is 1.02. The van der Waals surface area contributed by atoms with Gasteiger partial charge in [0.15, 0.2) is 0 Å². The molecule has 0 bridgehead atoms. The molecule has 0 spiro atoms. The highest BCUT2D eigenvalue weighted by molar-refractivity contribution is 9.10. The Bertz CT molecular complexity index is 690. The van der Waals surface area contributed by atoms with Crippen LogP contribution in [0, 0.1) is 0 Å². The molecule has 1 N–H and O–H groups in total. The maximum atomic E-state index is 4.46. The number of rotatable bonds is 6. The van der Waals surface area contributed by atoms with Crippen molar-refractivity contribution in [2.45, 2.75) is 13.1 Å². The first kappa shape index (κ1) is 14.5. The van der Waals surface area contributed by atoms with Gasteiger partial charge in [0.25, 0.3) is 0 Å². The number of aromatic nitrogens is 2. The minimum atomic E-state index is 0.908. The van der Waals surface area contributed by atoms with Gasteiger partial charge >= 0.3 is 0 Å². The first-order chi connectivity index (χ1) is 10.3. The average molecular weight is 362 g/mol. The second kappa shape index (κ2) is 7.02. The molecule has 0 saturated heterocycles. The van der Waals surface area contributed by atoms with E-state index in [0.717, 1.165) is 35.5 Å². The third-order valence-corrected chi connectivity index (χ3v) is 4.90. The van der Waals surface area contributed by atoms with Gasteiger partial charge in [0, 0.05) is 52.3 Å². The van der Waals surface area contributed by atoms with Gasteiger partial charge in [0.2, 0.25) is 0 Å². The van der Waals surface area contributed by atoms with Crippen LogP contribution in [-0.2, 0) is 13.1 Å². The molecule has 0 radical (unpaired) electrons. The maximum absolute atomic E-state index is 4.46. The van der Waals surface area contributed by atoms with E-state index in [9.17, 15) is 0 Å². The number of thiophene rings is 1. The largest absolute Gasteiger partial charge is 0.330 e. The molecule has 3 aromatic rings. The SMILES string of the molecule is Brc1csc(CNCCn2ccnc2-c2ccccc2)c1. The Morgan fingerprint density at radius 1 is 1.24 bits per heavy atom. The van der Waals surface area contributed by atoms with Crippen LogP contribution in [-0.4, -0.2) is 16.1 Å². The van der Waals surface area contributed by atoms with Crippen LogP contribution < -0.4 is 5.32 Å². The van der Waals surface area contributed by atoms with Crippen molar-refractivity contribution >= 4 is 27.3 Å². The van der Waals surface area contributed by atoms with E-state index in [0.29, 0.717) is 0 Å². The molecule has 0 amide bonds. The molecule has 3 nitrogen and oxygen atoms in total. The number of benzene rings is 1. The Morgan fingerprint density at radius 3 is 2.86 bits per heavy atom. The minimum Gasteiger partial charge on any atom is -0.330 e. The molecule has 0 aliphatic carbocycles. The van der Waals surface area contributed by atoms with Crippen molar-refractivity contribution in [2.75, 3.05) is 6.54 Å². The lowest BCUT2D eigenvalue weighted by atomic mass is 10.2. The number of halogens is 1. The van der Waals surface area contributed by atoms with Crippen molar-refractivity contribution in [3.05, 3.63) is 63.5 Å². The van der Waals surface area contributed by atoms with E-state index >= 15 is 0 Å². The Morgan fingerprint density at radius 2 is 2.10 bits per heavy atom. The fourth-order valence-corrected chi connectivity index (χ4v) is 3.62. The summed E-state index contributed by atoms with van der Waals surface area (Å²) in [6.07, 6.45) is 3.89. The van der Waals surface area contributed by atoms with Gasteiger partial charge in [-0.2, -0.15) is 0 Å². The third-order valence-electron chi connectivity index (χ3n) is 3.20. The standard InChI is InChI=1S/C16H16BrN3S/c17-14-10-15(21-12-14)11-18-6-8-20-9-7-19-16(20)13-4-2-1-3-5-13/h1-5,7,9-10,12,18H,6,8,11H2. The first-order valence-electron chi connectivity index (χ1n) is 6.83. The highest BCUT2D eigenvalue weighted by Gasteiger charge is 2.04. The molecule has 0 saturated carbocycles. The molecule has 1 aromatic carbocycles. The van der Waals surface area contributed by atoms with Crippen LogP contribution in [0.5, 0.6) is 0 Å². The van der Waals surface area contributed by atoms with Crippen LogP contribution in [0.3, 0.4) is 0 Å². The van der Waals surface area contributed by atoms with Crippen molar-refractivity contribution in [2.24, 2.45) is 0 Å². The minimum absolute atomic E-state index is 0.908. The van der Waals surface area contributed by atoms with E-state index < -0.39 is 0 Å². The van der Waals surface area contributed by atoms with E-state index in [1.54, 1.807) is 11.3 Å². The number of hydrogen-bond donors (Lipinski definition) is 1. The topological polar surface area (TPSA) is 29.9 Å². The van der Waals surface area contributed by atoms with Gasteiger partial charge in [-0.3, -0.25) is 0 Å². The molecule has 0 aliphatic rings. The summed E-state index contributed by atoms with van der Waals surface area (Å²) in [5.41, 5.74) is 1.16. The predicted octanol–water partition coefficient (Wildman–Crippen LogP) is 4.16. The Kier molecular flexibility index (Phi) is 4.85. The summed E-state index contributed by atoms with van der Waals surface area (Å²) in [7, 11) is 0. The molecular formula is C16H16BrN3S. The Balaban J connectivity index is 1.55. The maximum Gasteiger partial charge on any atom is 0.139 e. The van der Waals surface area contributed by atoms with Gasteiger partial charge < -0.3 is 9.88 Å². The van der Waals surface area contributed by atoms with E-state index in [4.69, 9.17) is 0 Å². The summed E-state index contributed by atoms with van der Waals surface area (Å²) < 4.78 is 3.34. The molecule has 0 atom stereocenters. The second-order valence-electron chi connectivity index (χ2n) is 4.72. The third kappa shape index (κ3) is 3.81. The molecule has 2 aromatic heterocycles. The lowest BCUT2D eigenvalue weighted by Crippen LogP contribution is -2.19. The molecule has 21 heavy (non-hydrogen) atoms. The average Bonchev–Trinajstić information content (AvgIpc) is 3.13. The van der Waals surface area contributed by atoms with Crippen LogP contribution in [0.4, 0.5) is 0 Å². The smallest absolute Gasteiger partial charge is 0.139 e. The van der Waals surface area contributed by atoms with E-state index in [1.807, 2.05) is 30.6 Å². The van der Waals surface area contributed by atoms with Gasteiger partial charge in [-0.05, 0) is 22.0 Å². The van der Waals surface area contributed by atoms with Gasteiger partial charge in [0.1, 0.15) is 5.82 Å². The Hall–Kier alpha value is -1.43. The molecule has 5 heteroatoms. The van der Waals surface area contributed by atoms with E-state index in [-0.39, 0.29) is 0 Å². The molecule has 0 unspecified atom stereocenters. The first-order valence-corrected chi connectivity index (χ1v) is 8.50. The van der Waals surface area contributed by atoms with E-state index in [2.05, 4.69) is 54.4 Å². The normalized spacial score (nSPS) is 10.9. The highest BCUT2D eigenvalue weighted by Crippen LogP contribution is 2.19. The van der Waals surface area contributed by atoms with Crippen LogP contribution in [0.25, 0.3) is 11.4 Å². The lowest BCUT2D eigenvalue weighted by Gasteiger charge is -2.08. The van der Waals surface area contributed by atoms with E-state index in [1.165, 1.54) is 4.88 Å². The van der Waals surface area contributed by atoms with Gasteiger partial charge in [-0.25, -0.2) is 4.98 Å². The number of imidazole rings is 1. The van der Waals surface area contributed by atoms with Crippen LogP contribution >= 0.6 is 27.3 Å². The summed E-state index contributed by atoms with van der Waals surface area (Å²) >= 11 is 5.25. The highest BCUT2D eigenvalue weighted by atomic mass is 79.9. The van der Waals surface area contributed by atoms with Crippen LogP contribution in [0.2, 0.25) is 0 Å². The second-order valence-corrected chi connectivity index (χ2v) is 6.63. The van der Waals surface area contributed by atoms with Crippen LogP contribution in [0.15, 0.2) is 58.6 Å². The summed E-state index contributed by atoms with van der Waals surface area (Å²) in [6.45, 7) is 2.74. The monoisotopic (exact) mass is 361 g/mol.